The van der Waals surface area contributed by atoms with Crippen LogP contribution in [0.3, 0.4) is 0 Å². The number of likely N-dealkylation sites (N-methyl/N-ethyl adjacent to an activating group) is 1. The molecule has 336 valence electrons. The van der Waals surface area contributed by atoms with Gasteiger partial charge >= 0.3 is 19.8 Å². The number of carbonyl (C=O) groups is 2. The maximum absolute atomic E-state index is 12.6. The summed E-state index contributed by atoms with van der Waals surface area (Å²) in [5, 5.41) is 0. The van der Waals surface area contributed by atoms with Crippen molar-refractivity contribution < 1.29 is 37.6 Å². The van der Waals surface area contributed by atoms with Gasteiger partial charge in [0.15, 0.2) is 6.10 Å². The maximum atomic E-state index is 12.6. The predicted octanol–water partition coefficient (Wildman–Crippen LogP) is 13.2. The summed E-state index contributed by atoms with van der Waals surface area (Å²) >= 11 is 0. The van der Waals surface area contributed by atoms with Crippen molar-refractivity contribution in [2.24, 2.45) is 0 Å². The van der Waals surface area contributed by atoms with E-state index in [4.69, 9.17) is 18.5 Å². The highest BCUT2D eigenvalue weighted by molar-refractivity contribution is 7.47. The van der Waals surface area contributed by atoms with Crippen LogP contribution in [0.15, 0.2) is 97.2 Å². The minimum atomic E-state index is -4.40. The molecule has 1 N–H and O–H groups in total. The summed E-state index contributed by atoms with van der Waals surface area (Å²) in [6.45, 7) is 4.12. The molecule has 0 fully saturated rings. The van der Waals surface area contributed by atoms with Gasteiger partial charge < -0.3 is 19.3 Å². The number of ether oxygens (including phenoxy) is 2. The van der Waals surface area contributed by atoms with E-state index in [2.05, 4.69) is 98.9 Å². The van der Waals surface area contributed by atoms with Gasteiger partial charge in [0.2, 0.25) is 0 Å². The Bertz CT molecular complexity index is 1300. The number of hydrogen-bond acceptors (Lipinski definition) is 8. The lowest BCUT2D eigenvalue weighted by Gasteiger charge is -2.20. The summed E-state index contributed by atoms with van der Waals surface area (Å²) in [4.78, 5) is 37.0. The molecule has 0 bridgehead atoms. The summed E-state index contributed by atoms with van der Waals surface area (Å²) in [5.74, 6) is -0.969. The fraction of sp³-hybridized carbons (Fsp3) is 0.633. The fourth-order valence-corrected chi connectivity index (χ4v) is 6.13. The minimum Gasteiger partial charge on any atom is -0.462 e. The number of hydrogen-bond donors (Lipinski definition) is 1. The Balaban J connectivity index is 4.51. The van der Waals surface area contributed by atoms with Crippen molar-refractivity contribution in [3.05, 3.63) is 97.2 Å². The lowest BCUT2D eigenvalue weighted by Crippen LogP contribution is -2.29. The van der Waals surface area contributed by atoms with Crippen LogP contribution in [0.25, 0.3) is 0 Å². The van der Waals surface area contributed by atoms with Crippen LogP contribution in [0.4, 0.5) is 0 Å². The average Bonchev–Trinajstić information content (AvgIpc) is 3.20. The predicted molar refractivity (Wildman–Crippen MR) is 247 cm³/mol. The summed E-state index contributed by atoms with van der Waals surface area (Å²) in [7, 11) is -0.782. The van der Waals surface area contributed by atoms with Crippen LogP contribution in [-0.2, 0) is 32.7 Å². The lowest BCUT2D eigenvalue weighted by atomic mass is 10.1. The van der Waals surface area contributed by atoms with Crippen molar-refractivity contribution in [3.63, 3.8) is 0 Å². The molecule has 0 rings (SSSR count). The van der Waals surface area contributed by atoms with Crippen molar-refractivity contribution in [1.82, 2.24) is 4.90 Å². The topological polar surface area (TPSA) is 112 Å². The zero-order valence-electron chi connectivity index (χ0n) is 37.4. The summed E-state index contributed by atoms with van der Waals surface area (Å²) in [5.41, 5.74) is 0. The number of carbonyl (C=O) groups excluding carboxylic acids is 2. The third kappa shape index (κ3) is 44.3. The molecule has 0 aromatic heterocycles. The van der Waals surface area contributed by atoms with Crippen molar-refractivity contribution in [1.29, 1.82) is 0 Å². The smallest absolute Gasteiger partial charge is 0.462 e. The van der Waals surface area contributed by atoms with E-state index in [1.165, 1.54) is 64.2 Å². The standard InChI is InChI=1S/C49H82NO8P/c1-5-7-9-11-13-15-17-19-21-23-24-26-28-30-32-34-36-38-40-42-49(52)58-47(46-57-59(53,54)56-44-43-50(3)4)45-55-48(51)41-39-37-35-33-31-29-27-25-22-20-18-16-14-12-10-8-6-2/h13,15,19-22,24,26-27,29-30,32-33,35-36,38,47H,5-12,14,16-18,23,25,28,31,34,37,39-46H2,1-4H3,(H,53,54)/b15-13-,21-19-,22-20-,26-24-,29-27-,32-30-,35-33-,38-36-. The van der Waals surface area contributed by atoms with E-state index in [9.17, 15) is 19.0 Å². The number of allylic oxidation sites excluding steroid dienone is 16. The van der Waals surface area contributed by atoms with Crippen LogP contribution in [0.5, 0.6) is 0 Å². The van der Waals surface area contributed by atoms with E-state index in [0.717, 1.165) is 51.4 Å². The van der Waals surface area contributed by atoms with E-state index in [-0.39, 0.29) is 26.1 Å². The van der Waals surface area contributed by atoms with Crippen molar-refractivity contribution in [2.75, 3.05) is 40.5 Å². The van der Waals surface area contributed by atoms with E-state index in [0.29, 0.717) is 19.4 Å². The lowest BCUT2D eigenvalue weighted by molar-refractivity contribution is -0.161. The Morgan fingerprint density at radius 3 is 1.46 bits per heavy atom. The zero-order valence-corrected chi connectivity index (χ0v) is 38.3. The van der Waals surface area contributed by atoms with Gasteiger partial charge in [-0.3, -0.25) is 18.6 Å². The second-order valence-corrected chi connectivity index (χ2v) is 16.3. The first-order chi connectivity index (χ1) is 28.7. The number of phosphoric acid groups is 1. The average molecular weight is 844 g/mol. The molecule has 0 saturated heterocycles. The molecule has 0 aromatic carbocycles. The maximum Gasteiger partial charge on any atom is 0.472 e. The van der Waals surface area contributed by atoms with Crippen LogP contribution in [0.1, 0.15) is 155 Å². The highest BCUT2D eigenvalue weighted by atomic mass is 31.2. The van der Waals surface area contributed by atoms with Gasteiger partial charge in [-0.1, -0.05) is 156 Å². The number of nitrogens with zero attached hydrogens (tertiary/aromatic N) is 1. The van der Waals surface area contributed by atoms with Crippen LogP contribution in [0, 0.1) is 0 Å². The van der Waals surface area contributed by atoms with E-state index in [1.54, 1.807) is 4.90 Å². The quantitative estimate of drug-likeness (QED) is 0.0279. The van der Waals surface area contributed by atoms with Crippen LogP contribution in [0.2, 0.25) is 0 Å². The van der Waals surface area contributed by atoms with Crippen molar-refractivity contribution in [3.8, 4) is 0 Å². The molecule has 10 heteroatoms. The van der Waals surface area contributed by atoms with Gasteiger partial charge in [-0.15, -0.1) is 0 Å². The van der Waals surface area contributed by atoms with E-state index < -0.39 is 32.5 Å². The number of esters is 2. The summed E-state index contributed by atoms with van der Waals surface area (Å²) in [6, 6.07) is 0. The molecular weight excluding hydrogens is 762 g/mol. The van der Waals surface area contributed by atoms with Gasteiger partial charge in [-0.25, -0.2) is 4.57 Å². The van der Waals surface area contributed by atoms with Gasteiger partial charge in [-0.05, 0) is 97.6 Å². The van der Waals surface area contributed by atoms with Crippen LogP contribution in [-0.4, -0.2) is 68.3 Å². The first kappa shape index (κ1) is 55.9. The first-order valence-electron chi connectivity index (χ1n) is 22.5. The molecule has 0 aromatic rings. The van der Waals surface area contributed by atoms with Crippen LogP contribution < -0.4 is 0 Å². The van der Waals surface area contributed by atoms with Gasteiger partial charge in [0.1, 0.15) is 6.61 Å². The summed E-state index contributed by atoms with van der Waals surface area (Å²) < 4.78 is 33.3. The Morgan fingerprint density at radius 2 is 0.949 bits per heavy atom. The number of unbranched alkanes of at least 4 members (excludes halogenated alkanes) is 10. The Morgan fingerprint density at radius 1 is 0.525 bits per heavy atom. The Labute approximate surface area is 360 Å². The van der Waals surface area contributed by atoms with Crippen molar-refractivity contribution >= 4 is 19.8 Å². The van der Waals surface area contributed by atoms with Crippen molar-refractivity contribution in [2.45, 2.75) is 161 Å². The van der Waals surface area contributed by atoms with E-state index in [1.807, 2.05) is 26.2 Å². The highest BCUT2D eigenvalue weighted by Crippen LogP contribution is 2.43. The first-order valence-corrected chi connectivity index (χ1v) is 24.0. The molecule has 0 amide bonds. The van der Waals surface area contributed by atoms with Gasteiger partial charge in [0.05, 0.1) is 13.2 Å². The molecule has 9 nitrogen and oxygen atoms in total. The molecule has 0 radical (unpaired) electrons. The molecular formula is C49H82NO8P. The second-order valence-electron chi connectivity index (χ2n) is 14.9. The molecule has 0 saturated carbocycles. The number of rotatable bonds is 40. The fourth-order valence-electron chi connectivity index (χ4n) is 5.39. The molecule has 0 aliphatic carbocycles. The van der Waals surface area contributed by atoms with Gasteiger partial charge in [0.25, 0.3) is 0 Å². The third-order valence-corrected chi connectivity index (χ3v) is 9.86. The molecule has 0 aliphatic heterocycles. The second kappa shape index (κ2) is 43.0. The SMILES string of the molecule is CCCCC/C=C\C/C=C\C/C=C\C/C=C\C/C=C\CCC(=O)OC(COC(=O)CCC/C=C\C/C=C\C/C=C\CCCCCCCC)COP(=O)(O)OCCN(C)C. The van der Waals surface area contributed by atoms with Crippen LogP contribution >= 0.6 is 7.82 Å². The molecule has 2 unspecified atom stereocenters. The minimum absolute atomic E-state index is 0.0188. The number of phosphoric ester groups is 1. The molecule has 0 aliphatic rings. The highest BCUT2D eigenvalue weighted by Gasteiger charge is 2.26. The largest absolute Gasteiger partial charge is 0.472 e. The van der Waals surface area contributed by atoms with E-state index >= 15 is 0 Å². The normalized spacial score (nSPS) is 14.3. The monoisotopic (exact) mass is 844 g/mol. The third-order valence-electron chi connectivity index (χ3n) is 8.88. The van der Waals surface area contributed by atoms with Gasteiger partial charge in [0, 0.05) is 19.4 Å². The Hall–Kier alpha value is -3.07. The molecule has 0 spiro atoms. The molecule has 2 atom stereocenters. The Kier molecular flexibility index (Phi) is 40.8. The summed E-state index contributed by atoms with van der Waals surface area (Å²) in [6.07, 6.45) is 54.8. The molecule has 0 heterocycles. The van der Waals surface area contributed by atoms with Gasteiger partial charge in [-0.2, -0.15) is 0 Å². The molecule has 59 heavy (non-hydrogen) atoms. The zero-order chi connectivity index (χ0) is 43.3.